The molecule has 0 unspecified atom stereocenters. The van der Waals surface area contributed by atoms with Crippen LogP contribution in [-0.4, -0.2) is 13.0 Å². The topological polar surface area (TPSA) is 54.4 Å². The second kappa shape index (κ2) is 6.71. The van der Waals surface area contributed by atoms with E-state index >= 15 is 0 Å². The Morgan fingerprint density at radius 1 is 1.35 bits per heavy atom. The number of rotatable bonds is 4. The third kappa shape index (κ3) is 5.36. The van der Waals surface area contributed by atoms with Gasteiger partial charge in [0.25, 0.3) is 10.1 Å². The molecule has 1 rings (SSSR count). The molecule has 1 aromatic carbocycles. The van der Waals surface area contributed by atoms with Crippen LogP contribution in [0.25, 0.3) is 4.91 Å². The molecule has 0 spiro atoms. The molecule has 0 heterocycles. The van der Waals surface area contributed by atoms with E-state index in [-0.39, 0.29) is 35.9 Å². The van der Waals surface area contributed by atoms with Crippen LogP contribution in [-0.2, 0) is 16.5 Å². The summed E-state index contributed by atoms with van der Waals surface area (Å²) in [5.74, 6) is 0.552. The maximum Gasteiger partial charge on any atom is 1.00 e. The van der Waals surface area contributed by atoms with Crippen LogP contribution in [0.4, 0.5) is 0 Å². The molecular weight excluding hydrogens is 247 g/mol. The molecule has 17 heavy (non-hydrogen) atoms. The van der Waals surface area contributed by atoms with E-state index in [1.807, 2.05) is 12.1 Å². The van der Waals surface area contributed by atoms with Gasteiger partial charge in [0, 0.05) is 0 Å². The summed E-state index contributed by atoms with van der Waals surface area (Å²) in [7, 11) is -4.19. The molecule has 0 saturated heterocycles. The predicted octanol–water partition coefficient (Wildman–Crippen LogP) is -0.140. The van der Waals surface area contributed by atoms with Crippen LogP contribution in [0.15, 0.2) is 30.8 Å². The Hall–Kier alpha value is -0.130. The van der Waals surface area contributed by atoms with Gasteiger partial charge in [0.05, 0.1) is 4.91 Å². The zero-order valence-electron chi connectivity index (χ0n) is 11.5. The Bertz CT molecular complexity index is 481. The average Bonchev–Trinajstić information content (AvgIpc) is 2.15. The third-order valence-corrected chi connectivity index (χ3v) is 3.09. The first-order valence-electron chi connectivity index (χ1n) is 5.06. The summed E-state index contributed by atoms with van der Waals surface area (Å²) < 4.78 is 30.5. The van der Waals surface area contributed by atoms with Crippen molar-refractivity contribution in [1.82, 2.24) is 0 Å². The van der Waals surface area contributed by atoms with Crippen molar-refractivity contribution in [1.29, 1.82) is 0 Å². The van der Waals surface area contributed by atoms with E-state index in [4.69, 9.17) is 4.55 Å². The minimum atomic E-state index is -4.19. The molecule has 0 amide bonds. The summed E-state index contributed by atoms with van der Waals surface area (Å²) in [6, 6.07) is 7.03. The Morgan fingerprint density at radius 2 is 1.82 bits per heavy atom. The number of hydrogen-bond acceptors (Lipinski definition) is 2. The van der Waals surface area contributed by atoms with E-state index < -0.39 is 10.1 Å². The molecule has 0 aliphatic carbocycles. The molecule has 90 valence electrons. The molecule has 0 bridgehead atoms. The van der Waals surface area contributed by atoms with Gasteiger partial charge in [0.1, 0.15) is 0 Å². The number of hydrogen-bond donors (Lipinski definition) is 1. The molecule has 0 aliphatic heterocycles. The van der Waals surface area contributed by atoms with E-state index in [0.717, 1.165) is 12.0 Å². The normalized spacial score (nSPS) is 11.1. The van der Waals surface area contributed by atoms with E-state index in [1.54, 1.807) is 12.1 Å². The van der Waals surface area contributed by atoms with Crippen molar-refractivity contribution in [2.75, 3.05) is 0 Å². The predicted molar refractivity (Wildman–Crippen MR) is 66.7 cm³/mol. The van der Waals surface area contributed by atoms with Gasteiger partial charge in [-0.25, -0.2) is 0 Å². The molecule has 5 heteroatoms. The summed E-state index contributed by atoms with van der Waals surface area (Å²) in [4.78, 5) is -0.261. The fourth-order valence-corrected chi connectivity index (χ4v) is 1.88. The van der Waals surface area contributed by atoms with E-state index in [1.165, 1.54) is 0 Å². The van der Waals surface area contributed by atoms with Gasteiger partial charge >= 0.3 is 29.6 Å². The largest absolute Gasteiger partial charge is 1.00 e. The summed E-state index contributed by atoms with van der Waals surface area (Å²) in [6.45, 7) is 7.58. The first kappa shape index (κ1) is 16.9. The van der Waals surface area contributed by atoms with Gasteiger partial charge in [-0.05, 0) is 23.5 Å². The molecule has 0 saturated carbocycles. The molecule has 1 aromatic rings. The summed E-state index contributed by atoms with van der Waals surface area (Å²) in [6.07, 6.45) is 0.943. The Kier molecular flexibility index (Phi) is 6.66. The van der Waals surface area contributed by atoms with Crippen LogP contribution in [0.5, 0.6) is 0 Å². The van der Waals surface area contributed by atoms with Gasteiger partial charge in [-0.2, -0.15) is 8.42 Å². The molecule has 0 aromatic heterocycles. The van der Waals surface area contributed by atoms with Gasteiger partial charge in [-0.1, -0.05) is 44.7 Å². The Labute approximate surface area is 126 Å². The fourth-order valence-electron chi connectivity index (χ4n) is 1.45. The van der Waals surface area contributed by atoms with Crippen LogP contribution in [0.2, 0.25) is 0 Å². The zero-order chi connectivity index (χ0) is 12.3. The molecule has 0 aliphatic rings. The SMILES string of the molecule is C=C(c1ccc(CC(C)C)cc1)S(=O)(=O)O.[H-].[Na+]. The van der Waals surface area contributed by atoms with Crippen molar-refractivity contribution in [2.45, 2.75) is 20.3 Å². The van der Waals surface area contributed by atoms with Crippen LogP contribution in [0, 0.1) is 5.92 Å². The van der Waals surface area contributed by atoms with Crippen molar-refractivity contribution in [2.24, 2.45) is 5.92 Å². The molecule has 0 radical (unpaired) electrons. The van der Waals surface area contributed by atoms with Crippen LogP contribution >= 0.6 is 0 Å². The second-order valence-electron chi connectivity index (χ2n) is 4.19. The van der Waals surface area contributed by atoms with Crippen molar-refractivity contribution in [3.8, 4) is 0 Å². The van der Waals surface area contributed by atoms with Crippen LogP contribution < -0.4 is 29.6 Å². The average molecular weight is 264 g/mol. The quantitative estimate of drug-likeness (QED) is 0.608. The van der Waals surface area contributed by atoms with Crippen molar-refractivity contribution in [3.63, 3.8) is 0 Å². The minimum absolute atomic E-state index is 0. The van der Waals surface area contributed by atoms with E-state index in [9.17, 15) is 8.42 Å². The minimum Gasteiger partial charge on any atom is -1.00 e. The molecular formula is C12H17NaO3S. The zero-order valence-corrected chi connectivity index (χ0v) is 13.3. The van der Waals surface area contributed by atoms with Crippen molar-refractivity contribution >= 4 is 15.0 Å². The summed E-state index contributed by atoms with van der Waals surface area (Å²) in [5, 5.41) is 0. The van der Waals surface area contributed by atoms with E-state index in [2.05, 4.69) is 20.4 Å². The number of benzene rings is 1. The fraction of sp³-hybridized carbons (Fsp3) is 0.333. The van der Waals surface area contributed by atoms with Gasteiger partial charge < -0.3 is 1.43 Å². The van der Waals surface area contributed by atoms with Gasteiger partial charge in [-0.15, -0.1) is 0 Å². The first-order chi connectivity index (χ1) is 7.30. The van der Waals surface area contributed by atoms with Crippen molar-refractivity contribution in [3.05, 3.63) is 42.0 Å². The Morgan fingerprint density at radius 3 is 2.18 bits per heavy atom. The maximum atomic E-state index is 10.9. The summed E-state index contributed by atoms with van der Waals surface area (Å²) in [5.41, 5.74) is 1.57. The van der Waals surface area contributed by atoms with Gasteiger partial charge in [-0.3, -0.25) is 4.55 Å². The van der Waals surface area contributed by atoms with Crippen molar-refractivity contribution < 1.29 is 44.0 Å². The van der Waals surface area contributed by atoms with Gasteiger partial charge in [0.15, 0.2) is 0 Å². The molecule has 3 nitrogen and oxygen atoms in total. The molecule has 1 N–H and O–H groups in total. The van der Waals surface area contributed by atoms with Crippen LogP contribution in [0.1, 0.15) is 26.4 Å². The smallest absolute Gasteiger partial charge is 1.00 e. The van der Waals surface area contributed by atoms with Crippen LogP contribution in [0.3, 0.4) is 0 Å². The maximum absolute atomic E-state index is 10.9. The molecule has 0 atom stereocenters. The standard InChI is InChI=1S/C12H16O3S.Na.H/c1-9(2)8-11-4-6-12(7-5-11)10(3)16(13,14)15;;/h4-7,9H,3,8H2,1-2H3,(H,13,14,15);;/q;+1;-1. The van der Waals surface area contributed by atoms with E-state index in [0.29, 0.717) is 11.5 Å². The van der Waals surface area contributed by atoms with Gasteiger partial charge in [0.2, 0.25) is 0 Å². The Balaban J connectivity index is 0. The third-order valence-electron chi connectivity index (χ3n) is 2.23. The monoisotopic (exact) mass is 264 g/mol. The second-order valence-corrected chi connectivity index (χ2v) is 5.64. The molecule has 0 fully saturated rings. The summed E-state index contributed by atoms with van der Waals surface area (Å²) >= 11 is 0. The first-order valence-corrected chi connectivity index (χ1v) is 6.50.